The number of hydrogen-bond donors (Lipinski definition) is 1. The number of carbonyl (C=O) groups is 1. The topological polar surface area (TPSA) is 78.2 Å². The highest BCUT2D eigenvalue weighted by Gasteiger charge is 2.18. The Morgan fingerprint density at radius 2 is 1.68 bits per heavy atom. The highest BCUT2D eigenvalue weighted by Crippen LogP contribution is 2.28. The van der Waals surface area contributed by atoms with Crippen molar-refractivity contribution in [1.82, 2.24) is 19.7 Å². The molecule has 3 aromatic carbocycles. The van der Waals surface area contributed by atoms with E-state index in [2.05, 4.69) is 47.9 Å². The first-order chi connectivity index (χ1) is 17.9. The number of hydrogen-bond acceptors (Lipinski definition) is 4. The number of aryl methyl sites for hydroxylation is 3. The Morgan fingerprint density at radius 3 is 2.43 bits per heavy atom. The van der Waals surface area contributed by atoms with Gasteiger partial charge in [-0.15, -0.1) is 0 Å². The van der Waals surface area contributed by atoms with Crippen molar-refractivity contribution in [2.45, 2.75) is 40.4 Å². The molecule has 0 bridgehead atoms. The smallest absolute Gasteiger partial charge is 0.291 e. The first kappa shape index (κ1) is 24.3. The minimum atomic E-state index is -0.298. The molecule has 7 nitrogen and oxygen atoms in total. The van der Waals surface area contributed by atoms with Crippen LogP contribution in [0.4, 0.5) is 0 Å². The van der Waals surface area contributed by atoms with Crippen LogP contribution in [0.15, 0.2) is 71.7 Å². The molecule has 1 amide bonds. The van der Waals surface area contributed by atoms with Crippen LogP contribution in [-0.2, 0) is 24.4 Å². The monoisotopic (exact) mass is 494 g/mol. The van der Waals surface area contributed by atoms with Gasteiger partial charge in [-0.05, 0) is 49.6 Å². The van der Waals surface area contributed by atoms with E-state index in [0.717, 1.165) is 21.9 Å². The molecule has 0 saturated heterocycles. The molecule has 7 heteroatoms. The second kappa shape index (κ2) is 9.93. The zero-order chi connectivity index (χ0) is 26.1. The average Bonchev–Trinajstić information content (AvgIpc) is 3.20. The van der Waals surface area contributed by atoms with Gasteiger partial charge in [0.05, 0.1) is 13.3 Å². The number of para-hydroxylation sites is 2. The molecule has 0 unspecified atom stereocenters. The molecule has 0 spiro atoms. The van der Waals surface area contributed by atoms with Crippen molar-refractivity contribution < 1.29 is 9.53 Å². The van der Waals surface area contributed by atoms with E-state index in [9.17, 15) is 9.59 Å². The minimum absolute atomic E-state index is 0.173. The van der Waals surface area contributed by atoms with Crippen LogP contribution in [-0.4, -0.2) is 27.4 Å². The van der Waals surface area contributed by atoms with E-state index >= 15 is 0 Å². The Kier molecular flexibility index (Phi) is 6.53. The van der Waals surface area contributed by atoms with Crippen LogP contribution in [0.2, 0.25) is 0 Å². The summed E-state index contributed by atoms with van der Waals surface area (Å²) in [5, 5.41) is 8.99. The van der Waals surface area contributed by atoms with Gasteiger partial charge in [-0.25, -0.2) is 4.68 Å². The number of nitrogens with one attached hydrogen (secondary N) is 1. The van der Waals surface area contributed by atoms with E-state index < -0.39 is 0 Å². The number of aromatic nitrogens is 3. The van der Waals surface area contributed by atoms with Crippen molar-refractivity contribution in [3.8, 4) is 5.75 Å². The van der Waals surface area contributed by atoms with Gasteiger partial charge in [0, 0.05) is 34.9 Å². The third kappa shape index (κ3) is 4.60. The number of carbonyl (C=O) groups excluding carboxylic acids is 1. The first-order valence-corrected chi connectivity index (χ1v) is 12.3. The first-order valence-electron chi connectivity index (χ1n) is 12.3. The van der Waals surface area contributed by atoms with Gasteiger partial charge in [-0.1, -0.05) is 54.1 Å². The predicted octanol–water partition coefficient (Wildman–Crippen LogP) is 4.65. The van der Waals surface area contributed by atoms with Crippen molar-refractivity contribution in [3.63, 3.8) is 0 Å². The summed E-state index contributed by atoms with van der Waals surface area (Å²) in [4.78, 5) is 26.5. The van der Waals surface area contributed by atoms with Crippen LogP contribution >= 0.6 is 0 Å². The molecule has 0 radical (unpaired) electrons. The largest absolute Gasteiger partial charge is 0.496 e. The molecule has 0 aliphatic heterocycles. The zero-order valence-corrected chi connectivity index (χ0v) is 21.5. The van der Waals surface area contributed by atoms with Crippen molar-refractivity contribution in [2.24, 2.45) is 0 Å². The molecule has 0 fully saturated rings. The van der Waals surface area contributed by atoms with Gasteiger partial charge >= 0.3 is 0 Å². The predicted molar refractivity (Wildman–Crippen MR) is 146 cm³/mol. The normalized spacial score (nSPS) is 11.2. The number of nitrogens with zero attached hydrogens (tertiary/aromatic N) is 3. The van der Waals surface area contributed by atoms with Crippen molar-refractivity contribution >= 4 is 27.7 Å². The fourth-order valence-corrected chi connectivity index (χ4v) is 5.12. The third-order valence-electron chi connectivity index (χ3n) is 6.89. The minimum Gasteiger partial charge on any atom is -0.496 e. The van der Waals surface area contributed by atoms with E-state index in [1.165, 1.54) is 26.9 Å². The fourth-order valence-electron chi connectivity index (χ4n) is 5.12. The Labute approximate surface area is 215 Å². The highest BCUT2D eigenvalue weighted by atomic mass is 16.5. The van der Waals surface area contributed by atoms with E-state index in [1.807, 2.05) is 48.5 Å². The summed E-state index contributed by atoms with van der Waals surface area (Å²) in [6.07, 6.45) is 1.69. The maximum atomic E-state index is 13.7. The van der Waals surface area contributed by atoms with E-state index in [-0.39, 0.29) is 18.0 Å². The molecule has 1 N–H and O–H groups in total. The summed E-state index contributed by atoms with van der Waals surface area (Å²) in [5.41, 5.74) is 6.86. The Balaban J connectivity index is 1.52. The number of amides is 1. The van der Waals surface area contributed by atoms with Gasteiger partial charge in [0.25, 0.3) is 5.56 Å². The van der Waals surface area contributed by atoms with Crippen LogP contribution in [0.5, 0.6) is 5.75 Å². The highest BCUT2D eigenvalue weighted by molar-refractivity contribution is 6.07. The van der Waals surface area contributed by atoms with Gasteiger partial charge in [0.15, 0.2) is 0 Å². The molecular formula is C30H30N4O3. The number of fused-ring (bicyclic) bond motifs is 3. The summed E-state index contributed by atoms with van der Waals surface area (Å²) in [6, 6.07) is 19.8. The molecule has 5 aromatic rings. The van der Waals surface area contributed by atoms with Crippen LogP contribution in [0, 0.1) is 20.8 Å². The lowest BCUT2D eigenvalue weighted by molar-refractivity contribution is -0.122. The summed E-state index contributed by atoms with van der Waals surface area (Å²) in [7, 11) is 1.60. The second-order valence-electron chi connectivity index (χ2n) is 9.44. The number of methoxy groups -OCH3 is 1. The molecule has 188 valence electrons. The van der Waals surface area contributed by atoms with E-state index in [1.54, 1.807) is 13.3 Å². The fraction of sp³-hybridized carbons (Fsp3) is 0.233. The Hall–Kier alpha value is -4.39. The summed E-state index contributed by atoms with van der Waals surface area (Å²) in [6.45, 7) is 6.99. The molecule has 2 heterocycles. The molecule has 0 atom stereocenters. The van der Waals surface area contributed by atoms with E-state index in [4.69, 9.17) is 4.74 Å². The van der Waals surface area contributed by atoms with Gasteiger partial charge in [-0.2, -0.15) is 5.10 Å². The SMILES string of the molecule is COc1ccccc1CNC(=O)Cn1ncc2c3ccccc3n(Cc3c(C)cc(C)cc3C)c2c1=O. The Bertz CT molecular complexity index is 1670. The maximum absolute atomic E-state index is 13.7. The van der Waals surface area contributed by atoms with Gasteiger partial charge in [0.1, 0.15) is 17.8 Å². The maximum Gasteiger partial charge on any atom is 0.291 e. The van der Waals surface area contributed by atoms with Crippen molar-refractivity contribution in [1.29, 1.82) is 0 Å². The van der Waals surface area contributed by atoms with Crippen LogP contribution in [0.3, 0.4) is 0 Å². The van der Waals surface area contributed by atoms with E-state index in [0.29, 0.717) is 24.4 Å². The average molecular weight is 495 g/mol. The number of ether oxygens (including phenoxy) is 1. The lowest BCUT2D eigenvalue weighted by Gasteiger charge is -2.14. The lowest BCUT2D eigenvalue weighted by Crippen LogP contribution is -2.34. The van der Waals surface area contributed by atoms with Gasteiger partial charge < -0.3 is 14.6 Å². The standard InChI is InChI=1S/C30H30N4O3/c1-19-13-20(2)25(21(3)14-19)17-33-26-11-7-6-10-23(26)24-16-32-34(30(36)29(24)33)18-28(35)31-15-22-9-5-8-12-27(22)37-4/h5-14,16H,15,17-18H2,1-4H3,(H,31,35). The molecule has 5 rings (SSSR count). The molecular weight excluding hydrogens is 464 g/mol. The van der Waals surface area contributed by atoms with Gasteiger partial charge in [-0.3, -0.25) is 9.59 Å². The molecule has 2 aromatic heterocycles. The summed E-state index contributed by atoms with van der Waals surface area (Å²) >= 11 is 0. The second-order valence-corrected chi connectivity index (χ2v) is 9.44. The summed E-state index contributed by atoms with van der Waals surface area (Å²) < 4.78 is 8.65. The number of benzene rings is 3. The quantitative estimate of drug-likeness (QED) is 0.357. The number of rotatable bonds is 7. The van der Waals surface area contributed by atoms with Crippen LogP contribution in [0.1, 0.15) is 27.8 Å². The molecule has 0 saturated carbocycles. The Morgan fingerprint density at radius 1 is 0.973 bits per heavy atom. The van der Waals surface area contributed by atoms with Crippen molar-refractivity contribution in [3.05, 3.63) is 105 Å². The van der Waals surface area contributed by atoms with Crippen LogP contribution in [0.25, 0.3) is 21.8 Å². The molecule has 37 heavy (non-hydrogen) atoms. The van der Waals surface area contributed by atoms with Crippen molar-refractivity contribution in [2.75, 3.05) is 7.11 Å². The molecule has 0 aliphatic carbocycles. The van der Waals surface area contributed by atoms with Crippen LogP contribution < -0.4 is 15.6 Å². The summed E-state index contributed by atoms with van der Waals surface area (Å²) in [5.74, 6) is 0.401. The zero-order valence-electron chi connectivity index (χ0n) is 21.5. The molecule has 0 aliphatic rings. The lowest BCUT2D eigenvalue weighted by atomic mass is 10.00. The van der Waals surface area contributed by atoms with Gasteiger partial charge in [0.2, 0.25) is 5.91 Å². The third-order valence-corrected chi connectivity index (χ3v) is 6.89.